The Labute approximate surface area is 107 Å². The van der Waals surface area contributed by atoms with Crippen LogP contribution in [0.15, 0.2) is 18.2 Å². The van der Waals surface area contributed by atoms with Gasteiger partial charge >= 0.3 is 0 Å². The Bertz CT molecular complexity index is 546. The highest BCUT2D eigenvalue weighted by atomic mass is 32.2. The molecule has 0 bridgehead atoms. The van der Waals surface area contributed by atoms with Crippen LogP contribution in [0.2, 0.25) is 0 Å². The van der Waals surface area contributed by atoms with Crippen LogP contribution in [0.4, 0.5) is 5.82 Å². The molecule has 1 heterocycles. The predicted octanol–water partition coefficient (Wildman–Crippen LogP) is 0.0817. The smallest absolute Gasteiger partial charge is 0.300 e. The van der Waals surface area contributed by atoms with Crippen molar-refractivity contribution in [3.8, 4) is 11.8 Å². The van der Waals surface area contributed by atoms with Gasteiger partial charge in [0, 0.05) is 6.54 Å². The van der Waals surface area contributed by atoms with Gasteiger partial charge < -0.3 is 5.11 Å². The van der Waals surface area contributed by atoms with Crippen molar-refractivity contribution in [1.82, 2.24) is 9.71 Å². The zero-order valence-electron chi connectivity index (χ0n) is 9.97. The van der Waals surface area contributed by atoms with Gasteiger partial charge in [-0.05, 0) is 24.5 Å². The average molecular weight is 269 g/mol. The van der Waals surface area contributed by atoms with E-state index in [2.05, 4.69) is 26.3 Å². The molecule has 0 unspecified atom stereocenters. The molecule has 1 aromatic heterocycles. The topological polar surface area (TPSA) is 91.3 Å². The minimum atomic E-state index is -3.59. The second-order valence-corrected chi connectivity index (χ2v) is 4.87. The maximum absolute atomic E-state index is 11.5. The van der Waals surface area contributed by atoms with Crippen LogP contribution in [0.3, 0.4) is 0 Å². The van der Waals surface area contributed by atoms with Gasteiger partial charge in [-0.1, -0.05) is 18.9 Å². The van der Waals surface area contributed by atoms with Crippen molar-refractivity contribution in [3.63, 3.8) is 0 Å². The van der Waals surface area contributed by atoms with Crippen LogP contribution in [0, 0.1) is 11.8 Å². The Hall–Kier alpha value is -1.62. The summed E-state index contributed by atoms with van der Waals surface area (Å²) < 4.78 is 27.7. The maximum atomic E-state index is 11.5. The summed E-state index contributed by atoms with van der Waals surface area (Å²) in [5, 5.41) is 8.56. The molecule has 0 fully saturated rings. The molecule has 0 amide bonds. The molecule has 0 aromatic carbocycles. The minimum Gasteiger partial charge on any atom is -0.384 e. The standard InChI is InChI=1S/C11H15N3O3S/c1-2-8-12-18(16,17)14-11-7-3-5-10(13-11)6-4-9-15/h3,5,7,12,15H,2,8-9H2,1H3,(H,13,14). The Morgan fingerprint density at radius 2 is 2.22 bits per heavy atom. The fraction of sp³-hybridized carbons (Fsp3) is 0.364. The highest BCUT2D eigenvalue weighted by molar-refractivity contribution is 7.90. The van der Waals surface area contributed by atoms with Crippen molar-refractivity contribution in [3.05, 3.63) is 23.9 Å². The highest BCUT2D eigenvalue weighted by Crippen LogP contribution is 2.05. The Morgan fingerprint density at radius 3 is 2.89 bits per heavy atom. The molecule has 0 spiro atoms. The molecule has 3 N–H and O–H groups in total. The monoisotopic (exact) mass is 269 g/mol. The predicted molar refractivity (Wildman–Crippen MR) is 69.0 cm³/mol. The van der Waals surface area contributed by atoms with Crippen LogP contribution < -0.4 is 9.44 Å². The molecule has 0 aliphatic rings. The van der Waals surface area contributed by atoms with E-state index in [0.717, 1.165) is 0 Å². The first-order chi connectivity index (χ1) is 8.57. The molecule has 18 heavy (non-hydrogen) atoms. The number of rotatable bonds is 5. The van der Waals surface area contributed by atoms with Crippen LogP contribution in [0.25, 0.3) is 0 Å². The fourth-order valence-electron chi connectivity index (χ4n) is 1.10. The van der Waals surface area contributed by atoms with E-state index in [-0.39, 0.29) is 12.4 Å². The lowest BCUT2D eigenvalue weighted by molar-refractivity contribution is 0.350. The van der Waals surface area contributed by atoms with Gasteiger partial charge in [0.25, 0.3) is 10.2 Å². The fourth-order valence-corrected chi connectivity index (χ4v) is 2.04. The Balaban J connectivity index is 2.79. The third-order valence-electron chi connectivity index (χ3n) is 1.83. The first kappa shape index (κ1) is 14.4. The lowest BCUT2D eigenvalue weighted by atomic mass is 10.3. The summed E-state index contributed by atoms with van der Waals surface area (Å²) in [6, 6.07) is 4.78. The third-order valence-corrected chi connectivity index (χ3v) is 2.89. The molecule has 0 radical (unpaired) electrons. The Kier molecular flexibility index (Phi) is 5.58. The maximum Gasteiger partial charge on any atom is 0.300 e. The van der Waals surface area contributed by atoms with E-state index in [9.17, 15) is 8.42 Å². The largest absolute Gasteiger partial charge is 0.384 e. The molecule has 6 nitrogen and oxygen atoms in total. The van der Waals surface area contributed by atoms with Gasteiger partial charge in [-0.3, -0.25) is 4.72 Å². The molecule has 0 atom stereocenters. The number of pyridine rings is 1. The summed E-state index contributed by atoms with van der Waals surface area (Å²) in [7, 11) is -3.59. The molecule has 1 rings (SSSR count). The zero-order valence-corrected chi connectivity index (χ0v) is 10.8. The van der Waals surface area contributed by atoms with Crippen molar-refractivity contribution in [1.29, 1.82) is 0 Å². The third kappa shape index (κ3) is 5.14. The van der Waals surface area contributed by atoms with E-state index in [1.54, 1.807) is 12.1 Å². The number of aliphatic hydroxyl groups excluding tert-OH is 1. The van der Waals surface area contributed by atoms with Crippen LogP contribution in [0.5, 0.6) is 0 Å². The van der Waals surface area contributed by atoms with Crippen molar-refractivity contribution in [2.24, 2.45) is 0 Å². The molecular formula is C11H15N3O3S. The molecule has 7 heteroatoms. The lowest BCUT2D eigenvalue weighted by Gasteiger charge is -2.07. The summed E-state index contributed by atoms with van der Waals surface area (Å²) in [5.41, 5.74) is 0.389. The summed E-state index contributed by atoms with van der Waals surface area (Å²) in [4.78, 5) is 3.99. The van der Waals surface area contributed by atoms with Crippen molar-refractivity contribution in [2.45, 2.75) is 13.3 Å². The van der Waals surface area contributed by atoms with Crippen molar-refractivity contribution < 1.29 is 13.5 Å². The number of nitrogens with zero attached hydrogens (tertiary/aromatic N) is 1. The van der Waals surface area contributed by atoms with Crippen molar-refractivity contribution in [2.75, 3.05) is 17.9 Å². The zero-order chi connectivity index (χ0) is 13.4. The summed E-state index contributed by atoms with van der Waals surface area (Å²) >= 11 is 0. The van der Waals surface area contributed by atoms with Crippen LogP contribution >= 0.6 is 0 Å². The van der Waals surface area contributed by atoms with E-state index < -0.39 is 10.2 Å². The molecule has 0 aliphatic heterocycles. The normalized spacial score (nSPS) is 10.6. The number of aromatic nitrogens is 1. The number of anilines is 1. The van der Waals surface area contributed by atoms with Crippen molar-refractivity contribution >= 4 is 16.0 Å². The van der Waals surface area contributed by atoms with Gasteiger partial charge in [-0.25, -0.2) is 4.98 Å². The van der Waals surface area contributed by atoms with E-state index in [1.165, 1.54) is 6.07 Å². The molecule has 98 valence electrons. The number of aliphatic hydroxyl groups is 1. The first-order valence-corrected chi connectivity index (χ1v) is 6.90. The first-order valence-electron chi connectivity index (χ1n) is 5.41. The van der Waals surface area contributed by atoms with Gasteiger partial charge in [0.1, 0.15) is 18.1 Å². The molecule has 0 saturated heterocycles. The molecular weight excluding hydrogens is 254 g/mol. The van der Waals surface area contributed by atoms with E-state index in [4.69, 9.17) is 5.11 Å². The minimum absolute atomic E-state index is 0.184. The van der Waals surface area contributed by atoms with Crippen LogP contribution in [-0.2, 0) is 10.2 Å². The number of nitrogens with one attached hydrogen (secondary N) is 2. The van der Waals surface area contributed by atoms with Crippen LogP contribution in [-0.4, -0.2) is 31.7 Å². The summed E-state index contributed by atoms with van der Waals surface area (Å²) in [6.45, 7) is 1.96. The number of hydrogen-bond acceptors (Lipinski definition) is 4. The second kappa shape index (κ2) is 6.96. The lowest BCUT2D eigenvalue weighted by Crippen LogP contribution is -2.31. The van der Waals surface area contributed by atoms with Gasteiger partial charge in [0.15, 0.2) is 0 Å². The summed E-state index contributed by atoms with van der Waals surface area (Å²) in [6.07, 6.45) is 0.705. The quantitative estimate of drug-likeness (QED) is 0.660. The average Bonchev–Trinajstić information content (AvgIpc) is 2.34. The second-order valence-electron chi connectivity index (χ2n) is 3.37. The summed E-state index contributed by atoms with van der Waals surface area (Å²) in [5.74, 6) is 5.22. The van der Waals surface area contributed by atoms with Gasteiger partial charge in [-0.2, -0.15) is 13.1 Å². The molecule has 0 aliphatic carbocycles. The van der Waals surface area contributed by atoms with E-state index in [1.807, 2.05) is 6.92 Å². The van der Waals surface area contributed by atoms with Crippen LogP contribution in [0.1, 0.15) is 19.0 Å². The SMILES string of the molecule is CCCNS(=O)(=O)Nc1cccc(C#CCO)n1. The van der Waals surface area contributed by atoms with E-state index in [0.29, 0.717) is 18.7 Å². The van der Waals surface area contributed by atoms with Gasteiger partial charge in [-0.15, -0.1) is 0 Å². The highest BCUT2D eigenvalue weighted by Gasteiger charge is 2.09. The van der Waals surface area contributed by atoms with Gasteiger partial charge in [0.05, 0.1) is 0 Å². The van der Waals surface area contributed by atoms with E-state index >= 15 is 0 Å². The number of hydrogen-bond donors (Lipinski definition) is 3. The Morgan fingerprint density at radius 1 is 1.44 bits per heavy atom. The van der Waals surface area contributed by atoms with Gasteiger partial charge in [0.2, 0.25) is 0 Å². The molecule has 1 aromatic rings. The molecule has 0 saturated carbocycles.